The number of alkyl halides is 3. The molecule has 0 aromatic carbocycles. The van der Waals surface area contributed by atoms with E-state index in [9.17, 15) is 18.3 Å². The molecule has 1 aliphatic carbocycles. The molecule has 0 amide bonds. The Balaban J connectivity index is 3.14. The quantitative estimate of drug-likeness (QED) is 0.313. The molecule has 1 aliphatic rings. The third-order valence-corrected chi connectivity index (χ3v) is 3.06. The molecule has 1 atom stereocenters. The molecule has 0 aromatic heterocycles. The third kappa shape index (κ3) is 1.42. The Morgan fingerprint density at radius 1 is 1.20 bits per heavy atom. The van der Waals surface area contributed by atoms with Crippen LogP contribution in [0.2, 0.25) is 0 Å². The van der Waals surface area contributed by atoms with Gasteiger partial charge in [-0.3, -0.25) is 0 Å². The first-order valence-corrected chi connectivity index (χ1v) is 4.17. The van der Waals surface area contributed by atoms with Crippen molar-refractivity contribution >= 4 is 7.85 Å². The molecule has 1 saturated carbocycles. The van der Waals surface area contributed by atoms with Gasteiger partial charge in [-0.2, -0.15) is 18.4 Å². The second-order valence-corrected chi connectivity index (χ2v) is 3.94. The highest BCUT2D eigenvalue weighted by molar-refractivity contribution is 6.16. The SMILES string of the molecule is BC(O)(C(O)(O)C#N)C1(C(F)(F)F)CC1. The van der Waals surface area contributed by atoms with Crippen LogP contribution in [0.4, 0.5) is 13.2 Å². The lowest BCUT2D eigenvalue weighted by atomic mass is 9.63. The van der Waals surface area contributed by atoms with E-state index in [0.717, 1.165) is 6.07 Å². The van der Waals surface area contributed by atoms with Gasteiger partial charge in [-0.1, -0.05) is 0 Å². The lowest BCUT2D eigenvalue weighted by molar-refractivity contribution is -0.291. The van der Waals surface area contributed by atoms with Crippen molar-refractivity contribution in [2.24, 2.45) is 5.41 Å². The second kappa shape index (κ2) is 2.87. The summed E-state index contributed by atoms with van der Waals surface area (Å²) >= 11 is 0. The number of nitriles is 1. The minimum Gasteiger partial charge on any atom is -0.391 e. The van der Waals surface area contributed by atoms with E-state index >= 15 is 0 Å². The third-order valence-electron chi connectivity index (χ3n) is 3.06. The number of hydrogen-bond donors (Lipinski definition) is 3. The van der Waals surface area contributed by atoms with Crippen molar-refractivity contribution in [3.63, 3.8) is 0 Å². The highest BCUT2D eigenvalue weighted by Gasteiger charge is 2.76. The van der Waals surface area contributed by atoms with Crippen molar-refractivity contribution in [3.05, 3.63) is 0 Å². The first kappa shape index (κ1) is 12.3. The Labute approximate surface area is 84.3 Å². The van der Waals surface area contributed by atoms with Gasteiger partial charge in [0, 0.05) is 0 Å². The summed E-state index contributed by atoms with van der Waals surface area (Å²) in [5.41, 5.74) is -5.54. The number of nitrogens with zero attached hydrogens (tertiary/aromatic N) is 1. The molecule has 0 bridgehead atoms. The standard InChI is InChI=1S/C7H9BF3NO3/c8-6(15,5(13,14)3-12)4(1-2-4)7(9,10)11/h13-15H,1-2,8H2. The van der Waals surface area contributed by atoms with Crippen LogP contribution in [-0.4, -0.2) is 40.6 Å². The molecule has 0 aromatic rings. The van der Waals surface area contributed by atoms with Crippen molar-refractivity contribution in [2.45, 2.75) is 30.3 Å². The molecule has 1 rings (SSSR count). The van der Waals surface area contributed by atoms with E-state index in [1.807, 2.05) is 0 Å². The van der Waals surface area contributed by atoms with Crippen LogP contribution in [0.15, 0.2) is 0 Å². The van der Waals surface area contributed by atoms with E-state index in [0.29, 0.717) is 7.85 Å². The molecule has 0 spiro atoms. The molecular weight excluding hydrogens is 214 g/mol. The fourth-order valence-electron chi connectivity index (χ4n) is 1.61. The summed E-state index contributed by atoms with van der Waals surface area (Å²) in [5, 5.41) is 35.9. The van der Waals surface area contributed by atoms with Gasteiger partial charge in [0.2, 0.25) is 0 Å². The zero-order chi connectivity index (χ0) is 12.1. The predicted octanol–water partition coefficient (Wildman–Crippen LogP) is -1.14. The van der Waals surface area contributed by atoms with Crippen LogP contribution in [0, 0.1) is 16.7 Å². The summed E-state index contributed by atoms with van der Waals surface area (Å²) < 4.78 is 37.7. The maximum atomic E-state index is 12.6. The Morgan fingerprint density at radius 2 is 1.60 bits per heavy atom. The van der Waals surface area contributed by atoms with Crippen LogP contribution < -0.4 is 0 Å². The van der Waals surface area contributed by atoms with Gasteiger partial charge in [-0.15, -0.1) is 0 Å². The lowest BCUT2D eigenvalue weighted by Crippen LogP contribution is -2.63. The van der Waals surface area contributed by atoms with Gasteiger partial charge >= 0.3 is 6.18 Å². The summed E-state index contributed by atoms with van der Waals surface area (Å²) in [6.07, 6.45) is -5.62. The minimum atomic E-state index is -4.77. The van der Waals surface area contributed by atoms with Crippen molar-refractivity contribution in [1.29, 1.82) is 5.26 Å². The van der Waals surface area contributed by atoms with E-state index < -0.39 is 35.7 Å². The minimum absolute atomic E-state index is 0.423. The van der Waals surface area contributed by atoms with Gasteiger partial charge in [0.05, 0.1) is 5.41 Å². The smallest absolute Gasteiger partial charge is 0.391 e. The van der Waals surface area contributed by atoms with Gasteiger partial charge < -0.3 is 15.3 Å². The topological polar surface area (TPSA) is 84.5 Å². The largest absolute Gasteiger partial charge is 0.396 e. The highest BCUT2D eigenvalue weighted by Crippen LogP contribution is 2.64. The Bertz CT molecular complexity index is 316. The molecule has 0 saturated heterocycles. The number of aliphatic hydroxyl groups is 3. The summed E-state index contributed by atoms with van der Waals surface area (Å²) in [6.45, 7) is 0. The van der Waals surface area contributed by atoms with Crippen LogP contribution in [-0.2, 0) is 0 Å². The van der Waals surface area contributed by atoms with Crippen molar-refractivity contribution in [2.75, 3.05) is 0 Å². The normalized spacial score (nSPS) is 24.1. The molecule has 0 heterocycles. The van der Waals surface area contributed by atoms with Gasteiger partial charge in [-0.25, -0.2) is 0 Å². The summed E-state index contributed by atoms with van der Waals surface area (Å²) in [4.78, 5) is 0. The van der Waals surface area contributed by atoms with Crippen LogP contribution in [0.25, 0.3) is 0 Å². The fraction of sp³-hybridized carbons (Fsp3) is 0.857. The molecule has 1 fully saturated rings. The highest BCUT2D eigenvalue weighted by atomic mass is 19.4. The fourth-order valence-corrected chi connectivity index (χ4v) is 1.61. The van der Waals surface area contributed by atoms with Gasteiger partial charge in [0.15, 0.2) is 7.85 Å². The predicted molar refractivity (Wildman–Crippen MR) is 44.0 cm³/mol. The van der Waals surface area contributed by atoms with E-state index in [1.165, 1.54) is 0 Å². The van der Waals surface area contributed by atoms with Crippen LogP contribution >= 0.6 is 0 Å². The van der Waals surface area contributed by atoms with Gasteiger partial charge in [0.1, 0.15) is 11.6 Å². The van der Waals surface area contributed by atoms with Crippen LogP contribution in [0.5, 0.6) is 0 Å². The molecule has 84 valence electrons. The monoisotopic (exact) mass is 223 g/mol. The Morgan fingerprint density at radius 3 is 1.80 bits per heavy atom. The average Bonchev–Trinajstić information content (AvgIpc) is 2.81. The molecule has 1 unspecified atom stereocenters. The lowest BCUT2D eigenvalue weighted by Gasteiger charge is -2.40. The molecule has 4 nitrogen and oxygen atoms in total. The van der Waals surface area contributed by atoms with E-state index in [-0.39, 0.29) is 0 Å². The maximum absolute atomic E-state index is 12.6. The summed E-state index contributed by atoms with van der Waals surface area (Å²) in [7, 11) is 0.608. The maximum Gasteiger partial charge on any atom is 0.396 e. The molecule has 0 aliphatic heterocycles. The molecule has 8 heteroatoms. The van der Waals surface area contributed by atoms with Crippen LogP contribution in [0.3, 0.4) is 0 Å². The summed E-state index contributed by atoms with van der Waals surface area (Å²) in [5.74, 6) is -3.42. The van der Waals surface area contributed by atoms with Crippen LogP contribution in [0.1, 0.15) is 12.8 Å². The second-order valence-electron chi connectivity index (χ2n) is 3.94. The number of halogens is 3. The average molecular weight is 223 g/mol. The molecular formula is C7H9BF3NO3. The molecule has 3 N–H and O–H groups in total. The van der Waals surface area contributed by atoms with E-state index in [2.05, 4.69) is 0 Å². The van der Waals surface area contributed by atoms with E-state index in [4.69, 9.17) is 15.5 Å². The van der Waals surface area contributed by atoms with E-state index in [1.54, 1.807) is 0 Å². The van der Waals surface area contributed by atoms with Crippen molar-refractivity contribution in [3.8, 4) is 6.07 Å². The Hall–Kier alpha value is -0.775. The first-order chi connectivity index (χ1) is 6.52. The Kier molecular flexibility index (Phi) is 2.36. The molecule has 0 radical (unpaired) electrons. The molecule has 15 heavy (non-hydrogen) atoms. The zero-order valence-electron chi connectivity index (χ0n) is 7.84. The number of hydrogen-bond acceptors (Lipinski definition) is 4. The summed E-state index contributed by atoms with van der Waals surface area (Å²) in [6, 6.07) is 0.861. The van der Waals surface area contributed by atoms with Gasteiger partial charge in [-0.05, 0) is 12.8 Å². The first-order valence-electron chi connectivity index (χ1n) is 4.17. The van der Waals surface area contributed by atoms with Gasteiger partial charge in [0.25, 0.3) is 5.79 Å². The van der Waals surface area contributed by atoms with Crippen molar-refractivity contribution < 1.29 is 28.5 Å². The zero-order valence-corrected chi connectivity index (χ0v) is 7.84. The number of rotatable bonds is 2. The van der Waals surface area contributed by atoms with Crippen molar-refractivity contribution in [1.82, 2.24) is 0 Å².